The summed E-state index contributed by atoms with van der Waals surface area (Å²) >= 11 is 0. The molecule has 1 aromatic carbocycles. The highest BCUT2D eigenvalue weighted by Crippen LogP contribution is 2.44. The Kier molecular flexibility index (Phi) is 6.30. The van der Waals surface area contributed by atoms with Crippen molar-refractivity contribution in [2.24, 2.45) is 17.8 Å². The summed E-state index contributed by atoms with van der Waals surface area (Å²) in [7, 11) is 0. The maximum atomic E-state index is 14.0. The molecule has 0 N–H and O–H groups in total. The lowest BCUT2D eigenvalue weighted by Crippen LogP contribution is -2.25. The Hall–Kier alpha value is -0.920. The highest BCUT2D eigenvalue weighted by atomic mass is 19.2. The Morgan fingerprint density at radius 2 is 1.50 bits per heavy atom. The number of hydrogen-bond acceptors (Lipinski definition) is 0. The number of benzene rings is 1. The van der Waals surface area contributed by atoms with Crippen molar-refractivity contribution in [3.8, 4) is 0 Å². The van der Waals surface area contributed by atoms with E-state index in [1.165, 1.54) is 63.9 Å². The summed E-state index contributed by atoms with van der Waals surface area (Å²) in [6.45, 7) is 2.28. The molecule has 0 amide bonds. The van der Waals surface area contributed by atoms with E-state index in [0.717, 1.165) is 30.6 Å². The van der Waals surface area contributed by atoms with E-state index in [4.69, 9.17) is 0 Å². The van der Waals surface area contributed by atoms with Gasteiger partial charge in [-0.2, -0.15) is 0 Å². The van der Waals surface area contributed by atoms with Crippen LogP contribution in [0.3, 0.4) is 0 Å². The van der Waals surface area contributed by atoms with E-state index >= 15 is 0 Å². The predicted molar refractivity (Wildman–Crippen MR) is 96.0 cm³/mol. The van der Waals surface area contributed by atoms with Gasteiger partial charge in [0, 0.05) is 0 Å². The largest absolute Gasteiger partial charge is 0.204 e. The molecule has 2 fully saturated rings. The van der Waals surface area contributed by atoms with Crippen LogP contribution in [0.15, 0.2) is 18.2 Å². The van der Waals surface area contributed by atoms with Crippen molar-refractivity contribution >= 4 is 0 Å². The molecule has 0 saturated heterocycles. The zero-order valence-corrected chi connectivity index (χ0v) is 15.1. The summed E-state index contributed by atoms with van der Waals surface area (Å²) < 4.78 is 27.5. The molecule has 0 aliphatic heterocycles. The first kappa shape index (κ1) is 17.9. The fourth-order valence-electron chi connectivity index (χ4n) is 5.18. The van der Waals surface area contributed by atoms with Crippen molar-refractivity contribution in [2.75, 3.05) is 0 Å². The molecule has 24 heavy (non-hydrogen) atoms. The molecule has 0 aromatic heterocycles. The topological polar surface area (TPSA) is 0 Å². The zero-order valence-electron chi connectivity index (χ0n) is 15.1. The third kappa shape index (κ3) is 4.18. The highest BCUT2D eigenvalue weighted by Gasteiger charge is 2.32. The Bertz CT molecular complexity index is 509. The van der Waals surface area contributed by atoms with Crippen LogP contribution in [0.1, 0.15) is 89.0 Å². The minimum Gasteiger partial charge on any atom is -0.204 e. The average molecular weight is 334 g/mol. The maximum Gasteiger partial charge on any atom is 0.162 e. The van der Waals surface area contributed by atoms with Gasteiger partial charge in [-0.1, -0.05) is 51.2 Å². The molecule has 0 nitrogen and oxygen atoms in total. The molecule has 0 atom stereocenters. The van der Waals surface area contributed by atoms with Crippen LogP contribution in [-0.2, 0) is 0 Å². The van der Waals surface area contributed by atoms with Gasteiger partial charge in [0.1, 0.15) is 0 Å². The first-order chi connectivity index (χ1) is 11.7. The fourth-order valence-corrected chi connectivity index (χ4v) is 5.18. The standard InChI is InChI=1S/C22H32F2/c1-2-3-5-16-8-10-17(11-9-16)18-12-14-19(15-13-18)20-6-4-7-21(23)22(20)24/h4,6-7,16-19H,2-3,5,8-15H2,1H3/t16-,17-,18-,19-. The molecule has 0 spiro atoms. The molecule has 0 unspecified atom stereocenters. The van der Waals surface area contributed by atoms with Gasteiger partial charge in [-0.25, -0.2) is 8.78 Å². The molecular weight excluding hydrogens is 302 g/mol. The quantitative estimate of drug-likeness (QED) is 0.532. The van der Waals surface area contributed by atoms with Gasteiger partial charge in [0.25, 0.3) is 0 Å². The number of hydrogen-bond donors (Lipinski definition) is 0. The van der Waals surface area contributed by atoms with Gasteiger partial charge < -0.3 is 0 Å². The van der Waals surface area contributed by atoms with E-state index < -0.39 is 11.6 Å². The SMILES string of the molecule is CCCC[C@H]1CC[C@H]([C@H]2CC[C@H](c3cccc(F)c3F)CC2)CC1. The Labute approximate surface area is 146 Å². The third-order valence-corrected chi connectivity index (χ3v) is 6.72. The molecule has 2 heteroatoms. The molecule has 3 rings (SSSR count). The fraction of sp³-hybridized carbons (Fsp3) is 0.727. The lowest BCUT2D eigenvalue weighted by Gasteiger charge is -2.38. The van der Waals surface area contributed by atoms with Crippen LogP contribution in [0.2, 0.25) is 0 Å². The lowest BCUT2D eigenvalue weighted by atomic mass is 9.68. The monoisotopic (exact) mass is 334 g/mol. The second kappa shape index (κ2) is 8.45. The minimum atomic E-state index is -0.694. The van der Waals surface area contributed by atoms with Gasteiger partial charge in [0.2, 0.25) is 0 Å². The maximum absolute atomic E-state index is 14.0. The number of unbranched alkanes of at least 4 members (excludes halogenated alkanes) is 1. The first-order valence-electron chi connectivity index (χ1n) is 10.1. The van der Waals surface area contributed by atoms with Crippen LogP contribution in [0.4, 0.5) is 8.78 Å². The molecule has 0 bridgehead atoms. The Balaban J connectivity index is 1.48. The van der Waals surface area contributed by atoms with Gasteiger partial charge in [-0.3, -0.25) is 0 Å². The molecule has 1 aromatic rings. The summed E-state index contributed by atoms with van der Waals surface area (Å²) in [4.78, 5) is 0. The zero-order chi connectivity index (χ0) is 16.9. The highest BCUT2D eigenvalue weighted by molar-refractivity contribution is 5.23. The predicted octanol–water partition coefficient (Wildman–Crippen LogP) is 7.24. The lowest BCUT2D eigenvalue weighted by molar-refractivity contribution is 0.155. The van der Waals surface area contributed by atoms with Crippen LogP contribution in [0.5, 0.6) is 0 Å². The number of rotatable bonds is 5. The molecule has 2 aliphatic rings. The van der Waals surface area contributed by atoms with Crippen LogP contribution in [0.25, 0.3) is 0 Å². The van der Waals surface area contributed by atoms with Crippen LogP contribution in [0, 0.1) is 29.4 Å². The summed E-state index contributed by atoms with van der Waals surface area (Å²) in [5, 5.41) is 0. The summed E-state index contributed by atoms with van der Waals surface area (Å²) in [6, 6.07) is 4.65. The van der Waals surface area contributed by atoms with Gasteiger partial charge in [0.05, 0.1) is 0 Å². The van der Waals surface area contributed by atoms with E-state index in [2.05, 4.69) is 6.92 Å². The van der Waals surface area contributed by atoms with E-state index in [1.54, 1.807) is 12.1 Å². The van der Waals surface area contributed by atoms with Gasteiger partial charge >= 0.3 is 0 Å². The van der Waals surface area contributed by atoms with Crippen LogP contribution in [-0.4, -0.2) is 0 Å². The molecular formula is C22H32F2. The van der Waals surface area contributed by atoms with Crippen LogP contribution < -0.4 is 0 Å². The Morgan fingerprint density at radius 3 is 2.12 bits per heavy atom. The number of halogens is 2. The first-order valence-corrected chi connectivity index (χ1v) is 10.1. The van der Waals surface area contributed by atoms with Crippen molar-refractivity contribution in [1.82, 2.24) is 0 Å². The second-order valence-electron chi connectivity index (χ2n) is 8.18. The smallest absolute Gasteiger partial charge is 0.162 e. The van der Waals surface area contributed by atoms with Gasteiger partial charge in [0.15, 0.2) is 11.6 Å². The van der Waals surface area contributed by atoms with E-state index in [1.807, 2.05) is 0 Å². The molecule has 2 aliphatic carbocycles. The van der Waals surface area contributed by atoms with Crippen molar-refractivity contribution in [1.29, 1.82) is 0 Å². The van der Waals surface area contributed by atoms with E-state index in [9.17, 15) is 8.78 Å². The third-order valence-electron chi connectivity index (χ3n) is 6.72. The molecule has 0 heterocycles. The summed E-state index contributed by atoms with van der Waals surface area (Å²) in [5.74, 6) is 1.60. The Morgan fingerprint density at radius 1 is 0.875 bits per heavy atom. The van der Waals surface area contributed by atoms with E-state index in [0.29, 0.717) is 5.56 Å². The normalized spacial score (nSPS) is 31.1. The minimum absolute atomic E-state index is 0.220. The van der Waals surface area contributed by atoms with Crippen molar-refractivity contribution in [3.63, 3.8) is 0 Å². The van der Waals surface area contributed by atoms with Gasteiger partial charge in [-0.15, -0.1) is 0 Å². The van der Waals surface area contributed by atoms with Crippen LogP contribution >= 0.6 is 0 Å². The summed E-state index contributed by atoms with van der Waals surface area (Å²) in [6.07, 6.45) is 14.2. The second-order valence-corrected chi connectivity index (χ2v) is 8.18. The van der Waals surface area contributed by atoms with Crippen molar-refractivity contribution < 1.29 is 8.78 Å². The molecule has 2 saturated carbocycles. The van der Waals surface area contributed by atoms with E-state index in [-0.39, 0.29) is 5.92 Å². The molecule has 134 valence electrons. The summed E-state index contributed by atoms with van der Waals surface area (Å²) in [5.41, 5.74) is 0.608. The molecule has 0 radical (unpaired) electrons. The van der Waals surface area contributed by atoms with Crippen molar-refractivity contribution in [3.05, 3.63) is 35.4 Å². The van der Waals surface area contributed by atoms with Gasteiger partial charge in [-0.05, 0) is 73.8 Å². The average Bonchev–Trinajstić information content (AvgIpc) is 2.63. The van der Waals surface area contributed by atoms with Crippen molar-refractivity contribution in [2.45, 2.75) is 83.5 Å².